The molecule has 4 aromatic rings. The number of H-pyrrole nitrogens is 1. The summed E-state index contributed by atoms with van der Waals surface area (Å²) in [5.41, 5.74) is 3.56. The van der Waals surface area contributed by atoms with E-state index in [9.17, 15) is 19.5 Å². The number of carboxylic acids is 1. The van der Waals surface area contributed by atoms with E-state index >= 15 is 0 Å². The van der Waals surface area contributed by atoms with Crippen LogP contribution in [-0.2, 0) is 16.0 Å². The zero-order valence-electron chi connectivity index (χ0n) is 20.4. The molecule has 0 aliphatic rings. The molecule has 186 valence electrons. The fourth-order valence-electron chi connectivity index (χ4n) is 4.00. The van der Waals surface area contributed by atoms with Crippen molar-refractivity contribution in [3.05, 3.63) is 83.7 Å². The molecule has 4 N–H and O–H groups in total. The highest BCUT2D eigenvalue weighted by molar-refractivity contribution is 5.97. The predicted molar refractivity (Wildman–Crippen MR) is 137 cm³/mol. The number of carbonyl (C=O) groups excluding carboxylic acids is 2. The van der Waals surface area contributed by atoms with Crippen LogP contribution in [0.2, 0.25) is 0 Å². The van der Waals surface area contributed by atoms with E-state index in [1.165, 1.54) is 0 Å². The average molecular weight is 488 g/mol. The Hall–Kier alpha value is -4.33. The highest BCUT2D eigenvalue weighted by atomic mass is 16.4. The molecule has 2 atom stereocenters. The van der Waals surface area contributed by atoms with E-state index < -0.39 is 29.9 Å². The molecular formula is C28H29N3O5. The Morgan fingerprint density at radius 1 is 0.972 bits per heavy atom. The summed E-state index contributed by atoms with van der Waals surface area (Å²) in [5.74, 6) is -2.04. The third-order valence-corrected chi connectivity index (χ3v) is 6.03. The number of carbonyl (C=O) groups is 3. The lowest BCUT2D eigenvalue weighted by Gasteiger charge is -2.22. The third kappa shape index (κ3) is 5.66. The van der Waals surface area contributed by atoms with Crippen LogP contribution in [0.25, 0.3) is 22.2 Å². The number of hydrogen-bond donors (Lipinski definition) is 4. The van der Waals surface area contributed by atoms with Crippen LogP contribution < -0.4 is 10.6 Å². The molecule has 8 heteroatoms. The Morgan fingerprint density at radius 2 is 1.69 bits per heavy atom. The summed E-state index contributed by atoms with van der Waals surface area (Å²) in [6.07, 6.45) is 0.141. The second kappa shape index (κ2) is 10.5. The van der Waals surface area contributed by atoms with Crippen LogP contribution in [0.1, 0.15) is 35.7 Å². The maximum Gasteiger partial charge on any atom is 0.326 e. The number of amides is 2. The smallest absolute Gasteiger partial charge is 0.326 e. The van der Waals surface area contributed by atoms with E-state index in [2.05, 4.69) is 15.6 Å². The molecule has 0 spiro atoms. The van der Waals surface area contributed by atoms with Gasteiger partial charge in [0.25, 0.3) is 5.91 Å². The van der Waals surface area contributed by atoms with Gasteiger partial charge in [-0.2, -0.15) is 0 Å². The first-order valence-corrected chi connectivity index (χ1v) is 11.8. The van der Waals surface area contributed by atoms with Gasteiger partial charge in [0.05, 0.1) is 0 Å². The highest BCUT2D eigenvalue weighted by Crippen LogP contribution is 2.23. The number of fused-ring (bicyclic) bond motifs is 1. The van der Waals surface area contributed by atoms with Crippen molar-refractivity contribution in [2.45, 2.75) is 39.3 Å². The van der Waals surface area contributed by atoms with Crippen molar-refractivity contribution in [3.8, 4) is 11.3 Å². The molecule has 0 aliphatic carbocycles. The number of aliphatic carboxylic acids is 1. The van der Waals surface area contributed by atoms with E-state index in [4.69, 9.17) is 4.42 Å². The lowest BCUT2D eigenvalue weighted by atomic mass is 10.0. The monoisotopic (exact) mass is 487 g/mol. The van der Waals surface area contributed by atoms with Gasteiger partial charge in [-0.1, -0.05) is 61.9 Å². The van der Waals surface area contributed by atoms with Crippen molar-refractivity contribution in [1.29, 1.82) is 0 Å². The van der Waals surface area contributed by atoms with Gasteiger partial charge in [0.2, 0.25) is 5.91 Å². The van der Waals surface area contributed by atoms with Gasteiger partial charge in [-0.3, -0.25) is 9.59 Å². The number of carboxylic acid groups (broad SMARTS) is 1. The van der Waals surface area contributed by atoms with Crippen LogP contribution in [0.15, 0.2) is 71.1 Å². The molecule has 0 aliphatic heterocycles. The van der Waals surface area contributed by atoms with Gasteiger partial charge in [-0.25, -0.2) is 4.79 Å². The summed E-state index contributed by atoms with van der Waals surface area (Å²) in [6, 6.07) is 18.4. The topological polar surface area (TPSA) is 124 Å². The molecule has 0 saturated carbocycles. The minimum Gasteiger partial charge on any atom is -0.480 e. The summed E-state index contributed by atoms with van der Waals surface area (Å²) in [4.78, 5) is 41.1. The number of benzene rings is 2. The van der Waals surface area contributed by atoms with E-state index in [1.54, 1.807) is 26.0 Å². The van der Waals surface area contributed by atoms with Crippen LogP contribution in [-0.4, -0.2) is 40.0 Å². The average Bonchev–Trinajstić information content (AvgIpc) is 3.49. The SMILES string of the molecule is Cc1ccc(-c2ccc(C(=O)NC(Cc3cc4ccccc4[nH]3)C(=O)NC(C(=O)O)C(C)C)o2)cc1. The van der Waals surface area contributed by atoms with E-state index in [0.717, 1.165) is 27.7 Å². The van der Waals surface area contributed by atoms with Crippen LogP contribution in [0.4, 0.5) is 0 Å². The van der Waals surface area contributed by atoms with Crippen LogP contribution in [0.3, 0.4) is 0 Å². The standard InChI is InChI=1S/C28H29N3O5/c1-16(2)25(28(34)35)31-26(32)22(15-20-14-19-6-4-5-7-21(19)29-20)30-27(33)24-13-12-23(36-24)18-10-8-17(3)9-11-18/h4-14,16,22,25,29H,15H2,1-3H3,(H,30,33)(H,31,32)(H,34,35). The molecule has 2 unspecified atom stereocenters. The molecule has 0 bridgehead atoms. The molecular weight excluding hydrogens is 458 g/mol. The first-order chi connectivity index (χ1) is 17.2. The summed E-state index contributed by atoms with van der Waals surface area (Å²) in [7, 11) is 0. The van der Waals surface area contributed by atoms with E-state index in [0.29, 0.717) is 5.76 Å². The van der Waals surface area contributed by atoms with Gasteiger partial charge in [-0.15, -0.1) is 0 Å². The van der Waals surface area contributed by atoms with Crippen LogP contribution >= 0.6 is 0 Å². The molecule has 2 amide bonds. The van der Waals surface area contributed by atoms with Gasteiger partial charge in [0.1, 0.15) is 17.8 Å². The molecule has 2 aromatic heterocycles. The van der Waals surface area contributed by atoms with Gasteiger partial charge in [-0.05, 0) is 42.5 Å². The predicted octanol–water partition coefficient (Wildman–Crippen LogP) is 4.30. The lowest BCUT2D eigenvalue weighted by molar-refractivity contribution is -0.143. The Balaban J connectivity index is 1.56. The number of furan rings is 1. The number of rotatable bonds is 9. The minimum atomic E-state index is -1.14. The van der Waals surface area contributed by atoms with Gasteiger partial charge < -0.3 is 25.1 Å². The van der Waals surface area contributed by atoms with Gasteiger partial charge in [0, 0.05) is 23.2 Å². The van der Waals surface area contributed by atoms with Crippen molar-refractivity contribution < 1.29 is 23.9 Å². The maximum atomic E-state index is 13.2. The number of para-hydroxylation sites is 1. The summed E-state index contributed by atoms with van der Waals surface area (Å²) in [6.45, 7) is 5.40. The largest absolute Gasteiger partial charge is 0.480 e. The fraction of sp³-hybridized carbons (Fsp3) is 0.250. The van der Waals surface area contributed by atoms with Crippen LogP contribution in [0.5, 0.6) is 0 Å². The number of aryl methyl sites for hydroxylation is 1. The minimum absolute atomic E-state index is 0.0543. The zero-order valence-corrected chi connectivity index (χ0v) is 20.4. The van der Waals surface area contributed by atoms with Crippen LogP contribution in [0, 0.1) is 12.8 Å². The third-order valence-electron chi connectivity index (χ3n) is 6.03. The Kier molecular flexibility index (Phi) is 7.24. The van der Waals surface area contributed by atoms with Crippen molar-refractivity contribution in [2.75, 3.05) is 0 Å². The fourth-order valence-corrected chi connectivity index (χ4v) is 4.00. The van der Waals surface area contributed by atoms with Crippen molar-refractivity contribution in [3.63, 3.8) is 0 Å². The molecule has 0 fully saturated rings. The number of aromatic nitrogens is 1. The summed E-state index contributed by atoms with van der Waals surface area (Å²) >= 11 is 0. The molecule has 36 heavy (non-hydrogen) atoms. The molecule has 2 heterocycles. The molecule has 0 saturated heterocycles. The Morgan fingerprint density at radius 3 is 2.36 bits per heavy atom. The van der Waals surface area contributed by atoms with Crippen molar-refractivity contribution in [2.24, 2.45) is 5.92 Å². The van der Waals surface area contributed by atoms with E-state index in [-0.39, 0.29) is 18.1 Å². The first-order valence-electron chi connectivity index (χ1n) is 11.8. The number of aromatic amines is 1. The van der Waals surface area contributed by atoms with Crippen molar-refractivity contribution in [1.82, 2.24) is 15.6 Å². The lowest BCUT2D eigenvalue weighted by Crippen LogP contribution is -2.53. The number of hydrogen-bond acceptors (Lipinski definition) is 4. The quantitative estimate of drug-likeness (QED) is 0.280. The summed E-state index contributed by atoms with van der Waals surface area (Å²) < 4.78 is 5.76. The van der Waals surface area contributed by atoms with E-state index in [1.807, 2.05) is 61.5 Å². The second-order valence-corrected chi connectivity index (χ2v) is 9.21. The van der Waals surface area contributed by atoms with Crippen molar-refractivity contribution >= 4 is 28.7 Å². The molecule has 0 radical (unpaired) electrons. The zero-order chi connectivity index (χ0) is 25.8. The summed E-state index contributed by atoms with van der Waals surface area (Å²) in [5, 5.41) is 15.8. The molecule has 8 nitrogen and oxygen atoms in total. The van der Waals surface area contributed by atoms with Gasteiger partial charge in [0.15, 0.2) is 5.76 Å². The highest BCUT2D eigenvalue weighted by Gasteiger charge is 2.30. The Labute approximate surface area is 208 Å². The normalized spacial score (nSPS) is 12.9. The molecule has 2 aromatic carbocycles. The molecule has 4 rings (SSSR count). The number of nitrogens with one attached hydrogen (secondary N) is 3. The second-order valence-electron chi connectivity index (χ2n) is 9.21. The Bertz CT molecular complexity index is 1350. The van der Waals surface area contributed by atoms with Gasteiger partial charge >= 0.3 is 5.97 Å². The maximum absolute atomic E-state index is 13.2. The first kappa shape index (κ1) is 24.8.